The molecule has 4 nitrogen and oxygen atoms in total. The van der Waals surface area contributed by atoms with Crippen LogP contribution in [0.5, 0.6) is 0 Å². The first-order valence-corrected chi connectivity index (χ1v) is 9.78. The Morgan fingerprint density at radius 3 is 2.67 bits per heavy atom. The summed E-state index contributed by atoms with van der Waals surface area (Å²) in [5.74, 6) is 0.793. The molecule has 0 unspecified atom stereocenters. The lowest BCUT2D eigenvalue weighted by molar-refractivity contribution is 0.480. The standard InChI is InChI=1S/C15H23BrN2O2S/c16-14-8-7-13(11-17)10-15(14)21(19,20)18-9-3-6-12-4-1-2-5-12/h7-8,10,12,18H,1-6,9,11,17H2. The molecule has 1 fully saturated rings. The van der Waals surface area contributed by atoms with Crippen LogP contribution < -0.4 is 10.5 Å². The Labute approximate surface area is 135 Å². The molecule has 0 saturated heterocycles. The van der Waals surface area contributed by atoms with Gasteiger partial charge in [-0.15, -0.1) is 0 Å². The van der Waals surface area contributed by atoms with Crippen molar-refractivity contribution in [2.45, 2.75) is 50.0 Å². The first-order valence-electron chi connectivity index (χ1n) is 7.51. The molecule has 0 heterocycles. The van der Waals surface area contributed by atoms with Gasteiger partial charge in [0.15, 0.2) is 0 Å². The molecule has 0 aromatic heterocycles. The smallest absolute Gasteiger partial charge is 0.241 e. The second kappa shape index (κ2) is 7.72. The molecule has 118 valence electrons. The zero-order valence-electron chi connectivity index (χ0n) is 12.1. The predicted molar refractivity (Wildman–Crippen MR) is 88.4 cm³/mol. The molecule has 1 aromatic rings. The van der Waals surface area contributed by atoms with E-state index in [2.05, 4.69) is 20.7 Å². The van der Waals surface area contributed by atoms with Gasteiger partial charge in [-0.25, -0.2) is 13.1 Å². The van der Waals surface area contributed by atoms with Crippen molar-refractivity contribution in [3.8, 4) is 0 Å². The van der Waals surface area contributed by atoms with Gasteiger partial charge < -0.3 is 5.73 Å². The van der Waals surface area contributed by atoms with Gasteiger partial charge in [-0.1, -0.05) is 31.7 Å². The summed E-state index contributed by atoms with van der Waals surface area (Å²) in [6.45, 7) is 0.829. The molecule has 0 aliphatic heterocycles. The maximum atomic E-state index is 12.3. The summed E-state index contributed by atoms with van der Waals surface area (Å²) in [6, 6.07) is 5.18. The van der Waals surface area contributed by atoms with E-state index in [1.54, 1.807) is 12.1 Å². The maximum absolute atomic E-state index is 12.3. The fourth-order valence-electron chi connectivity index (χ4n) is 2.85. The van der Waals surface area contributed by atoms with Crippen LogP contribution in [0, 0.1) is 5.92 Å². The zero-order valence-corrected chi connectivity index (χ0v) is 14.5. The highest BCUT2D eigenvalue weighted by Gasteiger charge is 2.18. The molecule has 0 bridgehead atoms. The Morgan fingerprint density at radius 2 is 2.00 bits per heavy atom. The second-order valence-electron chi connectivity index (χ2n) is 5.66. The minimum absolute atomic E-state index is 0.270. The number of benzene rings is 1. The van der Waals surface area contributed by atoms with Crippen LogP contribution in [0.15, 0.2) is 27.6 Å². The van der Waals surface area contributed by atoms with Crippen LogP contribution in [-0.2, 0) is 16.6 Å². The van der Waals surface area contributed by atoms with Crippen molar-refractivity contribution >= 4 is 26.0 Å². The molecule has 3 N–H and O–H groups in total. The van der Waals surface area contributed by atoms with Crippen molar-refractivity contribution in [3.05, 3.63) is 28.2 Å². The van der Waals surface area contributed by atoms with E-state index in [0.29, 0.717) is 17.6 Å². The van der Waals surface area contributed by atoms with Crippen LogP contribution in [0.1, 0.15) is 44.1 Å². The largest absolute Gasteiger partial charge is 0.326 e. The Bertz CT molecular complexity index is 569. The van der Waals surface area contributed by atoms with Crippen molar-refractivity contribution in [2.75, 3.05) is 6.54 Å². The number of hydrogen-bond acceptors (Lipinski definition) is 3. The highest BCUT2D eigenvalue weighted by Crippen LogP contribution is 2.28. The highest BCUT2D eigenvalue weighted by molar-refractivity contribution is 9.10. The number of nitrogens with one attached hydrogen (secondary N) is 1. The quantitative estimate of drug-likeness (QED) is 0.719. The predicted octanol–water partition coefficient (Wildman–Crippen LogP) is 3.16. The second-order valence-corrected chi connectivity index (χ2v) is 8.25. The van der Waals surface area contributed by atoms with Crippen LogP contribution in [0.3, 0.4) is 0 Å². The molecule has 0 spiro atoms. The van der Waals surface area contributed by atoms with E-state index in [9.17, 15) is 8.42 Å². The van der Waals surface area contributed by atoms with Crippen molar-refractivity contribution < 1.29 is 8.42 Å². The van der Waals surface area contributed by atoms with Gasteiger partial charge >= 0.3 is 0 Å². The molecule has 1 aliphatic rings. The number of nitrogens with two attached hydrogens (primary N) is 1. The summed E-state index contributed by atoms with van der Waals surface area (Å²) in [4.78, 5) is 0.270. The lowest BCUT2D eigenvalue weighted by atomic mass is 10.0. The molecule has 1 aliphatic carbocycles. The van der Waals surface area contributed by atoms with Crippen LogP contribution in [0.2, 0.25) is 0 Å². The summed E-state index contributed by atoms with van der Waals surface area (Å²) in [6.07, 6.45) is 7.28. The minimum atomic E-state index is -3.47. The third-order valence-electron chi connectivity index (χ3n) is 4.08. The van der Waals surface area contributed by atoms with E-state index in [0.717, 1.165) is 24.3 Å². The lowest BCUT2D eigenvalue weighted by Gasteiger charge is -2.11. The molecule has 0 amide bonds. The fourth-order valence-corrected chi connectivity index (χ4v) is 4.94. The molecule has 6 heteroatoms. The highest BCUT2D eigenvalue weighted by atomic mass is 79.9. The summed E-state index contributed by atoms with van der Waals surface area (Å²) in [7, 11) is -3.47. The number of halogens is 1. The molecular weight excluding hydrogens is 352 g/mol. The zero-order chi connectivity index (χ0) is 15.3. The lowest BCUT2D eigenvalue weighted by Crippen LogP contribution is -2.25. The summed E-state index contributed by atoms with van der Waals surface area (Å²) < 4.78 is 27.9. The van der Waals surface area contributed by atoms with E-state index in [4.69, 9.17) is 5.73 Å². The van der Waals surface area contributed by atoms with Gasteiger partial charge in [0.25, 0.3) is 0 Å². The normalized spacial score (nSPS) is 16.5. The van der Waals surface area contributed by atoms with Gasteiger partial charge in [-0.2, -0.15) is 0 Å². The minimum Gasteiger partial charge on any atom is -0.326 e. The monoisotopic (exact) mass is 374 g/mol. The third-order valence-corrected chi connectivity index (χ3v) is 6.53. The third kappa shape index (κ3) is 4.77. The average Bonchev–Trinajstić information content (AvgIpc) is 2.97. The van der Waals surface area contributed by atoms with Gasteiger partial charge in [0.2, 0.25) is 10.0 Å². The van der Waals surface area contributed by atoms with Gasteiger partial charge in [0.1, 0.15) is 0 Å². The van der Waals surface area contributed by atoms with Crippen molar-refractivity contribution in [2.24, 2.45) is 11.7 Å². The van der Waals surface area contributed by atoms with Crippen molar-refractivity contribution in [3.63, 3.8) is 0 Å². The summed E-state index contributed by atoms with van der Waals surface area (Å²) in [5.41, 5.74) is 6.38. The number of hydrogen-bond donors (Lipinski definition) is 2. The van der Waals surface area contributed by atoms with Crippen LogP contribution >= 0.6 is 15.9 Å². The SMILES string of the molecule is NCc1ccc(Br)c(S(=O)(=O)NCCCC2CCCC2)c1. The van der Waals surface area contributed by atoms with Crippen molar-refractivity contribution in [1.29, 1.82) is 0 Å². The van der Waals surface area contributed by atoms with Gasteiger partial charge in [-0.05, 0) is 52.4 Å². The molecular formula is C15H23BrN2O2S. The van der Waals surface area contributed by atoms with E-state index < -0.39 is 10.0 Å². The first-order chi connectivity index (χ1) is 10.0. The van der Waals surface area contributed by atoms with E-state index in [-0.39, 0.29) is 4.90 Å². The maximum Gasteiger partial charge on any atom is 0.241 e. The molecule has 0 radical (unpaired) electrons. The summed E-state index contributed by atoms with van der Waals surface area (Å²) >= 11 is 3.30. The van der Waals surface area contributed by atoms with Crippen LogP contribution in [-0.4, -0.2) is 15.0 Å². The van der Waals surface area contributed by atoms with Crippen molar-refractivity contribution in [1.82, 2.24) is 4.72 Å². The van der Waals surface area contributed by atoms with Gasteiger partial charge in [-0.3, -0.25) is 0 Å². The number of sulfonamides is 1. The Balaban J connectivity index is 1.91. The summed E-state index contributed by atoms with van der Waals surface area (Å²) in [5, 5.41) is 0. The molecule has 2 rings (SSSR count). The van der Waals surface area contributed by atoms with E-state index in [1.165, 1.54) is 25.7 Å². The van der Waals surface area contributed by atoms with Gasteiger partial charge in [0, 0.05) is 17.6 Å². The first kappa shape index (κ1) is 16.9. The Hall–Kier alpha value is -0.430. The van der Waals surface area contributed by atoms with E-state index in [1.807, 2.05) is 6.07 Å². The van der Waals surface area contributed by atoms with Crippen LogP contribution in [0.25, 0.3) is 0 Å². The molecule has 21 heavy (non-hydrogen) atoms. The number of rotatable bonds is 7. The molecule has 1 aromatic carbocycles. The molecule has 1 saturated carbocycles. The topological polar surface area (TPSA) is 72.2 Å². The molecule has 0 atom stereocenters. The fraction of sp³-hybridized carbons (Fsp3) is 0.600. The van der Waals surface area contributed by atoms with Gasteiger partial charge in [0.05, 0.1) is 4.90 Å². The Morgan fingerprint density at radius 1 is 1.29 bits per heavy atom. The van der Waals surface area contributed by atoms with Crippen LogP contribution in [0.4, 0.5) is 0 Å². The van der Waals surface area contributed by atoms with E-state index >= 15 is 0 Å². The Kier molecular flexibility index (Phi) is 6.22. The average molecular weight is 375 g/mol.